The average Bonchev–Trinajstić information content (AvgIpc) is 2.11. The van der Waals surface area contributed by atoms with Gasteiger partial charge in [-0.3, -0.25) is 4.90 Å². The predicted molar refractivity (Wildman–Crippen MR) is 74.9 cm³/mol. The SMILES string of the molecule is C=C(CN(CCC)CCCC)CC(C)(C)C. The quantitative estimate of drug-likeness (QED) is 0.550. The molecule has 0 aromatic rings. The van der Waals surface area contributed by atoms with Crippen LogP contribution < -0.4 is 0 Å². The molecule has 1 heteroatoms. The smallest absolute Gasteiger partial charge is 0.0190 e. The molecule has 96 valence electrons. The average molecular weight is 225 g/mol. The number of hydrogen-bond acceptors (Lipinski definition) is 1. The molecule has 0 aliphatic carbocycles. The van der Waals surface area contributed by atoms with Crippen LogP contribution in [-0.2, 0) is 0 Å². The molecule has 0 aliphatic heterocycles. The predicted octanol–water partition coefficient (Wildman–Crippen LogP) is 4.49. The zero-order valence-corrected chi connectivity index (χ0v) is 12.1. The summed E-state index contributed by atoms with van der Waals surface area (Å²) in [7, 11) is 0. The van der Waals surface area contributed by atoms with E-state index in [0.717, 1.165) is 13.0 Å². The lowest BCUT2D eigenvalue weighted by molar-refractivity contribution is 0.280. The standard InChI is InChI=1S/C15H31N/c1-7-9-11-16(10-8-2)13-14(3)12-15(4,5)6/h3,7-13H2,1-2,4-6H3. The van der Waals surface area contributed by atoms with Gasteiger partial charge in [-0.15, -0.1) is 0 Å². The van der Waals surface area contributed by atoms with Crippen LogP contribution in [-0.4, -0.2) is 24.5 Å². The lowest BCUT2D eigenvalue weighted by Gasteiger charge is -2.26. The molecule has 0 aliphatic rings. The third kappa shape index (κ3) is 8.96. The molecule has 0 amide bonds. The van der Waals surface area contributed by atoms with Crippen molar-refractivity contribution in [1.29, 1.82) is 0 Å². The van der Waals surface area contributed by atoms with E-state index in [1.165, 1.54) is 37.9 Å². The fourth-order valence-corrected chi connectivity index (χ4v) is 2.09. The van der Waals surface area contributed by atoms with E-state index in [2.05, 4.69) is 46.1 Å². The summed E-state index contributed by atoms with van der Waals surface area (Å²) in [5.74, 6) is 0. The van der Waals surface area contributed by atoms with E-state index in [0.29, 0.717) is 5.41 Å². The molecule has 0 N–H and O–H groups in total. The Kier molecular flexibility index (Phi) is 7.74. The van der Waals surface area contributed by atoms with Gasteiger partial charge in [-0.05, 0) is 37.8 Å². The van der Waals surface area contributed by atoms with Gasteiger partial charge in [-0.2, -0.15) is 0 Å². The van der Waals surface area contributed by atoms with Crippen LogP contribution in [0.2, 0.25) is 0 Å². The molecule has 0 atom stereocenters. The Morgan fingerprint density at radius 2 is 1.69 bits per heavy atom. The molecule has 0 spiro atoms. The maximum Gasteiger partial charge on any atom is 0.0190 e. The summed E-state index contributed by atoms with van der Waals surface area (Å²) in [6.07, 6.45) is 4.97. The van der Waals surface area contributed by atoms with E-state index in [1.54, 1.807) is 0 Å². The minimum absolute atomic E-state index is 0.375. The number of rotatable bonds is 8. The minimum Gasteiger partial charge on any atom is -0.299 e. The van der Waals surface area contributed by atoms with Gasteiger partial charge >= 0.3 is 0 Å². The summed E-state index contributed by atoms with van der Waals surface area (Å²) >= 11 is 0. The van der Waals surface area contributed by atoms with Crippen molar-refractivity contribution < 1.29 is 0 Å². The van der Waals surface area contributed by atoms with E-state index < -0.39 is 0 Å². The fraction of sp³-hybridized carbons (Fsp3) is 0.867. The lowest BCUT2D eigenvalue weighted by Crippen LogP contribution is -2.28. The molecule has 0 radical (unpaired) electrons. The maximum atomic E-state index is 4.23. The zero-order chi connectivity index (χ0) is 12.6. The molecule has 0 aromatic carbocycles. The van der Waals surface area contributed by atoms with Crippen LogP contribution in [0.4, 0.5) is 0 Å². The highest BCUT2D eigenvalue weighted by Crippen LogP contribution is 2.23. The minimum atomic E-state index is 0.375. The number of hydrogen-bond donors (Lipinski definition) is 0. The molecule has 0 unspecified atom stereocenters. The van der Waals surface area contributed by atoms with Gasteiger partial charge in [0.05, 0.1) is 0 Å². The lowest BCUT2D eigenvalue weighted by atomic mass is 9.88. The third-order valence-electron chi connectivity index (χ3n) is 2.60. The Hall–Kier alpha value is -0.300. The first kappa shape index (κ1) is 15.7. The van der Waals surface area contributed by atoms with Gasteiger partial charge in [0, 0.05) is 6.54 Å². The van der Waals surface area contributed by atoms with E-state index in [4.69, 9.17) is 0 Å². The first-order valence-corrected chi connectivity index (χ1v) is 6.78. The van der Waals surface area contributed by atoms with Crippen molar-refractivity contribution in [3.8, 4) is 0 Å². The van der Waals surface area contributed by atoms with Crippen molar-refractivity contribution in [3.05, 3.63) is 12.2 Å². The van der Waals surface area contributed by atoms with Crippen LogP contribution >= 0.6 is 0 Å². The van der Waals surface area contributed by atoms with Gasteiger partial charge in [0.15, 0.2) is 0 Å². The van der Waals surface area contributed by atoms with Gasteiger partial charge < -0.3 is 0 Å². The van der Waals surface area contributed by atoms with Crippen molar-refractivity contribution in [2.24, 2.45) is 5.41 Å². The highest BCUT2D eigenvalue weighted by atomic mass is 15.1. The van der Waals surface area contributed by atoms with Crippen LogP contribution in [0.5, 0.6) is 0 Å². The summed E-state index contributed by atoms with van der Waals surface area (Å²) in [6.45, 7) is 19.1. The molecule has 0 bridgehead atoms. The Balaban J connectivity index is 4.02. The molecule has 0 heterocycles. The second kappa shape index (κ2) is 7.89. The summed E-state index contributed by atoms with van der Waals surface area (Å²) in [5, 5.41) is 0. The van der Waals surface area contributed by atoms with Crippen LogP contribution in [0, 0.1) is 5.41 Å². The molecule has 0 saturated carbocycles. The van der Waals surface area contributed by atoms with Gasteiger partial charge in [-0.1, -0.05) is 53.2 Å². The summed E-state index contributed by atoms with van der Waals surface area (Å²) in [6, 6.07) is 0. The monoisotopic (exact) mass is 225 g/mol. The Labute approximate surface area is 103 Å². The van der Waals surface area contributed by atoms with E-state index in [9.17, 15) is 0 Å². The summed E-state index contributed by atoms with van der Waals surface area (Å²) in [4.78, 5) is 2.55. The molecule has 0 aromatic heterocycles. The molecule has 0 rings (SSSR count). The third-order valence-corrected chi connectivity index (χ3v) is 2.60. The second-order valence-corrected chi connectivity index (χ2v) is 6.12. The van der Waals surface area contributed by atoms with Crippen LogP contribution in [0.3, 0.4) is 0 Å². The molecule has 0 fully saturated rings. The first-order valence-electron chi connectivity index (χ1n) is 6.78. The van der Waals surface area contributed by atoms with Crippen LogP contribution in [0.15, 0.2) is 12.2 Å². The highest BCUT2D eigenvalue weighted by molar-refractivity contribution is 5.00. The molecular weight excluding hydrogens is 194 g/mol. The highest BCUT2D eigenvalue weighted by Gasteiger charge is 2.13. The van der Waals surface area contributed by atoms with Crippen LogP contribution in [0.1, 0.15) is 60.3 Å². The number of unbranched alkanes of at least 4 members (excludes halogenated alkanes) is 1. The fourth-order valence-electron chi connectivity index (χ4n) is 2.09. The number of nitrogens with zero attached hydrogens (tertiary/aromatic N) is 1. The summed E-state index contributed by atoms with van der Waals surface area (Å²) < 4.78 is 0. The van der Waals surface area contributed by atoms with Crippen LogP contribution in [0.25, 0.3) is 0 Å². The zero-order valence-electron chi connectivity index (χ0n) is 12.1. The van der Waals surface area contributed by atoms with Crippen molar-refractivity contribution in [3.63, 3.8) is 0 Å². The second-order valence-electron chi connectivity index (χ2n) is 6.12. The van der Waals surface area contributed by atoms with E-state index in [-0.39, 0.29) is 0 Å². The Bertz CT molecular complexity index is 188. The Morgan fingerprint density at radius 3 is 2.12 bits per heavy atom. The van der Waals surface area contributed by atoms with Gasteiger partial charge in [0.2, 0.25) is 0 Å². The van der Waals surface area contributed by atoms with Gasteiger partial charge in [0.1, 0.15) is 0 Å². The largest absolute Gasteiger partial charge is 0.299 e. The van der Waals surface area contributed by atoms with E-state index >= 15 is 0 Å². The molecule has 16 heavy (non-hydrogen) atoms. The normalized spacial score (nSPS) is 12.1. The van der Waals surface area contributed by atoms with Gasteiger partial charge in [-0.25, -0.2) is 0 Å². The van der Waals surface area contributed by atoms with Crippen molar-refractivity contribution >= 4 is 0 Å². The Morgan fingerprint density at radius 1 is 1.06 bits per heavy atom. The van der Waals surface area contributed by atoms with Crippen molar-refractivity contribution in [1.82, 2.24) is 4.90 Å². The first-order chi connectivity index (χ1) is 7.39. The summed E-state index contributed by atoms with van der Waals surface area (Å²) in [5.41, 5.74) is 1.76. The van der Waals surface area contributed by atoms with Crippen molar-refractivity contribution in [2.75, 3.05) is 19.6 Å². The molecular formula is C15H31N. The molecule has 0 saturated heterocycles. The van der Waals surface area contributed by atoms with E-state index in [1.807, 2.05) is 0 Å². The topological polar surface area (TPSA) is 3.24 Å². The van der Waals surface area contributed by atoms with Crippen molar-refractivity contribution in [2.45, 2.75) is 60.3 Å². The molecule has 1 nitrogen and oxygen atoms in total. The maximum absolute atomic E-state index is 4.23. The van der Waals surface area contributed by atoms with Gasteiger partial charge in [0.25, 0.3) is 0 Å².